The van der Waals surface area contributed by atoms with E-state index in [0.717, 1.165) is 5.01 Å². The fourth-order valence-electron chi connectivity index (χ4n) is 1.08. The Labute approximate surface area is 122 Å². The molecule has 0 aliphatic rings. The summed E-state index contributed by atoms with van der Waals surface area (Å²) in [7, 11) is 0. The van der Waals surface area contributed by atoms with Gasteiger partial charge < -0.3 is 5.73 Å². The second-order valence-electron chi connectivity index (χ2n) is 3.84. The van der Waals surface area contributed by atoms with Crippen molar-refractivity contribution in [3.8, 4) is 0 Å². The van der Waals surface area contributed by atoms with Crippen LogP contribution in [0.5, 0.6) is 0 Å². The minimum atomic E-state index is -0.148. The standard InChI is InChI=1S/C9H12N6OS3/c1-4(2)6-12-14-8(18-6)11-5(16)3-17-9-15-13-7(10)19-9/h4H,3H2,1-2H3,(H2,10,13)(H,11,14,16). The van der Waals surface area contributed by atoms with E-state index < -0.39 is 0 Å². The highest BCUT2D eigenvalue weighted by atomic mass is 32.2. The number of nitrogens with one attached hydrogen (secondary N) is 1. The van der Waals surface area contributed by atoms with Gasteiger partial charge in [0, 0.05) is 5.92 Å². The van der Waals surface area contributed by atoms with Crippen molar-refractivity contribution in [3.05, 3.63) is 5.01 Å². The Bertz CT molecular complexity index is 566. The third-order valence-corrected chi connectivity index (χ3v) is 4.95. The number of carbonyl (C=O) groups is 1. The van der Waals surface area contributed by atoms with Crippen LogP contribution in [-0.2, 0) is 4.79 Å². The lowest BCUT2D eigenvalue weighted by Gasteiger charge is -1.98. The molecule has 2 aromatic heterocycles. The molecule has 2 heterocycles. The average Bonchev–Trinajstić information content (AvgIpc) is 2.96. The van der Waals surface area contributed by atoms with Crippen molar-refractivity contribution >= 4 is 50.6 Å². The molecule has 0 aromatic carbocycles. The summed E-state index contributed by atoms with van der Waals surface area (Å²) < 4.78 is 0.674. The van der Waals surface area contributed by atoms with Gasteiger partial charge in [0.15, 0.2) is 4.34 Å². The Morgan fingerprint density at radius 2 is 2.11 bits per heavy atom. The van der Waals surface area contributed by atoms with Gasteiger partial charge in [0.1, 0.15) is 5.01 Å². The predicted molar refractivity (Wildman–Crippen MR) is 77.7 cm³/mol. The van der Waals surface area contributed by atoms with E-state index in [1.165, 1.54) is 34.4 Å². The van der Waals surface area contributed by atoms with Crippen LogP contribution >= 0.6 is 34.4 Å². The number of hydrogen-bond donors (Lipinski definition) is 2. The second kappa shape index (κ2) is 6.26. The molecule has 2 rings (SSSR count). The molecule has 0 radical (unpaired) electrons. The van der Waals surface area contributed by atoms with Crippen LogP contribution in [0.25, 0.3) is 0 Å². The number of nitrogens with zero attached hydrogens (tertiary/aromatic N) is 4. The molecular weight excluding hydrogens is 304 g/mol. The maximum Gasteiger partial charge on any atom is 0.236 e. The van der Waals surface area contributed by atoms with E-state index in [-0.39, 0.29) is 11.7 Å². The number of rotatable bonds is 5. The van der Waals surface area contributed by atoms with Crippen molar-refractivity contribution in [1.29, 1.82) is 0 Å². The highest BCUT2D eigenvalue weighted by Gasteiger charge is 2.11. The second-order valence-corrected chi connectivity index (χ2v) is 7.08. The van der Waals surface area contributed by atoms with Gasteiger partial charge in [-0.15, -0.1) is 20.4 Å². The monoisotopic (exact) mass is 316 g/mol. The number of anilines is 2. The lowest BCUT2D eigenvalue weighted by atomic mass is 10.2. The first-order chi connectivity index (χ1) is 9.04. The lowest BCUT2D eigenvalue weighted by Crippen LogP contribution is -2.13. The first-order valence-corrected chi connectivity index (χ1v) is 8.01. The number of carbonyl (C=O) groups excluding carboxylic acids is 1. The summed E-state index contributed by atoms with van der Waals surface area (Å²) in [6, 6.07) is 0. The van der Waals surface area contributed by atoms with Crippen molar-refractivity contribution in [1.82, 2.24) is 20.4 Å². The van der Waals surface area contributed by atoms with Gasteiger partial charge in [-0.25, -0.2) is 0 Å². The van der Waals surface area contributed by atoms with Crippen LogP contribution in [0, 0.1) is 0 Å². The van der Waals surface area contributed by atoms with E-state index >= 15 is 0 Å². The maximum atomic E-state index is 11.7. The molecule has 1 amide bonds. The maximum absolute atomic E-state index is 11.7. The molecule has 0 aliphatic carbocycles. The molecule has 0 aliphatic heterocycles. The molecule has 0 saturated heterocycles. The fourth-order valence-corrected chi connectivity index (χ4v) is 3.28. The van der Waals surface area contributed by atoms with E-state index in [0.29, 0.717) is 20.5 Å². The van der Waals surface area contributed by atoms with Gasteiger partial charge in [-0.3, -0.25) is 10.1 Å². The summed E-state index contributed by atoms with van der Waals surface area (Å²) in [6.07, 6.45) is 0. The molecular formula is C9H12N6OS3. The molecule has 7 nitrogen and oxygen atoms in total. The van der Waals surface area contributed by atoms with Crippen LogP contribution < -0.4 is 11.1 Å². The highest BCUT2D eigenvalue weighted by Crippen LogP contribution is 2.25. The van der Waals surface area contributed by atoms with E-state index in [9.17, 15) is 4.79 Å². The number of hydrogen-bond acceptors (Lipinski definition) is 9. The lowest BCUT2D eigenvalue weighted by molar-refractivity contribution is -0.113. The van der Waals surface area contributed by atoms with Crippen molar-refractivity contribution in [2.24, 2.45) is 0 Å². The van der Waals surface area contributed by atoms with E-state index in [4.69, 9.17) is 5.73 Å². The molecule has 0 atom stereocenters. The Morgan fingerprint density at radius 1 is 1.32 bits per heavy atom. The summed E-state index contributed by atoms with van der Waals surface area (Å²) in [5, 5.41) is 19.9. The van der Waals surface area contributed by atoms with Crippen molar-refractivity contribution in [3.63, 3.8) is 0 Å². The quantitative estimate of drug-likeness (QED) is 0.810. The Hall–Kier alpha value is -1.26. The zero-order valence-corrected chi connectivity index (χ0v) is 12.7. The third-order valence-electron chi connectivity index (χ3n) is 1.93. The SMILES string of the molecule is CC(C)c1nnc(NC(=O)CSc2nnc(N)s2)s1. The van der Waals surface area contributed by atoms with E-state index in [1.54, 1.807) is 0 Å². The summed E-state index contributed by atoms with van der Waals surface area (Å²) in [6.45, 7) is 4.06. The number of amides is 1. The third kappa shape index (κ3) is 4.11. The first-order valence-electron chi connectivity index (χ1n) is 5.39. The highest BCUT2D eigenvalue weighted by molar-refractivity contribution is 8.01. The van der Waals surface area contributed by atoms with Crippen LogP contribution in [0.3, 0.4) is 0 Å². The van der Waals surface area contributed by atoms with Crippen molar-refractivity contribution < 1.29 is 4.79 Å². The minimum absolute atomic E-state index is 0.148. The molecule has 102 valence electrons. The van der Waals surface area contributed by atoms with Gasteiger partial charge in [-0.2, -0.15) is 0 Å². The summed E-state index contributed by atoms with van der Waals surface area (Å²) >= 11 is 3.93. The van der Waals surface area contributed by atoms with Crippen LogP contribution in [-0.4, -0.2) is 32.1 Å². The van der Waals surface area contributed by atoms with Gasteiger partial charge in [-0.05, 0) is 0 Å². The molecule has 0 spiro atoms. The van der Waals surface area contributed by atoms with Crippen molar-refractivity contribution in [2.45, 2.75) is 24.1 Å². The molecule has 0 saturated carbocycles. The molecule has 0 bridgehead atoms. The Balaban J connectivity index is 1.83. The summed E-state index contributed by atoms with van der Waals surface area (Å²) in [5.74, 6) is 0.401. The molecule has 0 fully saturated rings. The molecule has 3 N–H and O–H groups in total. The van der Waals surface area contributed by atoms with Crippen LogP contribution in [0.15, 0.2) is 4.34 Å². The van der Waals surface area contributed by atoms with Gasteiger partial charge >= 0.3 is 0 Å². The number of aromatic nitrogens is 4. The smallest absolute Gasteiger partial charge is 0.236 e. The Kier molecular flexibility index (Phi) is 4.66. The molecule has 10 heteroatoms. The minimum Gasteiger partial charge on any atom is -0.374 e. The van der Waals surface area contributed by atoms with Crippen LogP contribution in [0.1, 0.15) is 24.8 Å². The summed E-state index contributed by atoms with van der Waals surface area (Å²) in [5.41, 5.74) is 5.45. The normalized spacial score (nSPS) is 10.9. The largest absolute Gasteiger partial charge is 0.374 e. The Morgan fingerprint density at radius 3 is 2.68 bits per heavy atom. The van der Waals surface area contributed by atoms with Crippen molar-refractivity contribution in [2.75, 3.05) is 16.8 Å². The predicted octanol–water partition coefficient (Wildman–Crippen LogP) is 1.83. The average molecular weight is 316 g/mol. The number of thioether (sulfide) groups is 1. The van der Waals surface area contributed by atoms with E-state index in [2.05, 4.69) is 25.7 Å². The van der Waals surface area contributed by atoms with Crippen LogP contribution in [0.2, 0.25) is 0 Å². The van der Waals surface area contributed by atoms with Crippen LogP contribution in [0.4, 0.5) is 10.3 Å². The van der Waals surface area contributed by atoms with Gasteiger partial charge in [0.2, 0.25) is 16.2 Å². The van der Waals surface area contributed by atoms with Gasteiger partial charge in [0.25, 0.3) is 0 Å². The number of nitrogens with two attached hydrogens (primary N) is 1. The van der Waals surface area contributed by atoms with E-state index in [1.807, 2.05) is 13.8 Å². The molecule has 0 unspecified atom stereocenters. The molecule has 2 aromatic rings. The topological polar surface area (TPSA) is 107 Å². The zero-order chi connectivity index (χ0) is 13.8. The zero-order valence-electron chi connectivity index (χ0n) is 10.3. The fraction of sp³-hybridized carbons (Fsp3) is 0.444. The molecule has 19 heavy (non-hydrogen) atoms. The summed E-state index contributed by atoms with van der Waals surface area (Å²) in [4.78, 5) is 11.7. The first kappa shape index (κ1) is 14.2. The van der Waals surface area contributed by atoms with Gasteiger partial charge in [-0.1, -0.05) is 48.3 Å². The van der Waals surface area contributed by atoms with Gasteiger partial charge in [0.05, 0.1) is 5.75 Å². The number of nitrogen functional groups attached to an aromatic ring is 1.